The first kappa shape index (κ1) is 14.8. The average molecular weight is 271 g/mol. The molecule has 0 bridgehead atoms. The maximum Gasteiger partial charge on any atom is 0.319 e. The Morgan fingerprint density at radius 2 is 2.11 bits per heavy atom. The molecule has 18 heavy (non-hydrogen) atoms. The van der Waals surface area contributed by atoms with Crippen LogP contribution in [0.5, 0.6) is 0 Å². The number of hydrogen-bond acceptors (Lipinski definition) is 2. The molecule has 0 fully saturated rings. The summed E-state index contributed by atoms with van der Waals surface area (Å²) in [6.07, 6.45) is 0.495. The minimum atomic E-state index is -0.453. The van der Waals surface area contributed by atoms with E-state index in [0.717, 1.165) is 5.56 Å². The molecule has 1 rings (SSSR count). The van der Waals surface area contributed by atoms with E-state index in [1.165, 1.54) is 0 Å². The van der Waals surface area contributed by atoms with E-state index >= 15 is 0 Å². The highest BCUT2D eigenvalue weighted by Gasteiger charge is 2.19. The minimum absolute atomic E-state index is 0.0312. The summed E-state index contributed by atoms with van der Waals surface area (Å²) in [6, 6.07) is 5.04. The quantitative estimate of drug-likeness (QED) is 0.788. The number of aliphatic hydroxyl groups is 1. The Balaban J connectivity index is 2.68. The van der Waals surface area contributed by atoms with Crippen molar-refractivity contribution >= 4 is 23.3 Å². The van der Waals surface area contributed by atoms with Crippen LogP contribution in [0.2, 0.25) is 5.02 Å². The lowest BCUT2D eigenvalue weighted by atomic mass is 10.0. The summed E-state index contributed by atoms with van der Waals surface area (Å²) < 4.78 is 0. The first-order valence-electron chi connectivity index (χ1n) is 5.81. The third-order valence-corrected chi connectivity index (χ3v) is 3.11. The number of benzene rings is 1. The van der Waals surface area contributed by atoms with E-state index in [4.69, 9.17) is 16.7 Å². The molecule has 0 aliphatic rings. The van der Waals surface area contributed by atoms with Crippen molar-refractivity contribution in [3.63, 3.8) is 0 Å². The van der Waals surface area contributed by atoms with Crippen LogP contribution in [0.4, 0.5) is 10.5 Å². The van der Waals surface area contributed by atoms with Crippen LogP contribution in [0.3, 0.4) is 0 Å². The Labute approximate surface area is 112 Å². The van der Waals surface area contributed by atoms with E-state index < -0.39 is 5.54 Å². The molecular formula is C13H19ClN2O2. The first-order chi connectivity index (χ1) is 8.35. The second-order valence-corrected chi connectivity index (χ2v) is 5.26. The van der Waals surface area contributed by atoms with Crippen LogP contribution in [0.1, 0.15) is 25.8 Å². The summed E-state index contributed by atoms with van der Waals surface area (Å²) in [7, 11) is 0. The van der Waals surface area contributed by atoms with Crippen molar-refractivity contribution in [2.24, 2.45) is 0 Å². The molecule has 0 aromatic heterocycles. The van der Waals surface area contributed by atoms with E-state index in [1.807, 2.05) is 20.8 Å². The fraction of sp³-hybridized carbons (Fsp3) is 0.462. The zero-order valence-electron chi connectivity index (χ0n) is 10.9. The summed E-state index contributed by atoms with van der Waals surface area (Å²) in [5.74, 6) is 0. The topological polar surface area (TPSA) is 61.4 Å². The molecule has 0 aliphatic carbocycles. The molecule has 1 aromatic carbocycles. The molecule has 1 aromatic rings. The van der Waals surface area contributed by atoms with Crippen LogP contribution in [-0.2, 0) is 0 Å². The number of urea groups is 1. The van der Waals surface area contributed by atoms with E-state index in [1.54, 1.807) is 18.2 Å². The van der Waals surface area contributed by atoms with Crippen molar-refractivity contribution in [1.82, 2.24) is 5.32 Å². The highest BCUT2D eigenvalue weighted by Crippen LogP contribution is 2.22. The Morgan fingerprint density at radius 1 is 1.44 bits per heavy atom. The molecular weight excluding hydrogens is 252 g/mol. The molecule has 0 atom stereocenters. The van der Waals surface area contributed by atoms with Crippen molar-refractivity contribution in [2.45, 2.75) is 32.7 Å². The van der Waals surface area contributed by atoms with Gasteiger partial charge in [0.05, 0.1) is 0 Å². The largest absolute Gasteiger partial charge is 0.396 e. The summed E-state index contributed by atoms with van der Waals surface area (Å²) in [5, 5.41) is 15.1. The van der Waals surface area contributed by atoms with Crippen molar-refractivity contribution in [2.75, 3.05) is 11.9 Å². The van der Waals surface area contributed by atoms with E-state index in [9.17, 15) is 4.79 Å². The zero-order chi connectivity index (χ0) is 13.8. The number of anilines is 1. The monoisotopic (exact) mass is 270 g/mol. The summed E-state index contributed by atoms with van der Waals surface area (Å²) >= 11 is 5.98. The molecule has 0 saturated heterocycles. The maximum absolute atomic E-state index is 11.8. The summed E-state index contributed by atoms with van der Waals surface area (Å²) in [5.41, 5.74) is 1.06. The van der Waals surface area contributed by atoms with Gasteiger partial charge in [0, 0.05) is 22.9 Å². The van der Waals surface area contributed by atoms with Crippen LogP contribution < -0.4 is 10.6 Å². The van der Waals surface area contributed by atoms with Crippen LogP contribution in [0.15, 0.2) is 18.2 Å². The lowest BCUT2D eigenvalue weighted by Gasteiger charge is -2.25. The number of hydrogen-bond donors (Lipinski definition) is 3. The van der Waals surface area contributed by atoms with Gasteiger partial charge in [-0.05, 0) is 44.9 Å². The van der Waals surface area contributed by atoms with Crippen LogP contribution in [0.25, 0.3) is 0 Å². The normalized spacial score (nSPS) is 11.2. The number of halogens is 1. The standard InChI is InChI=1S/C13H19ClN2O2/c1-9-10(14)5-4-6-11(9)15-12(18)16-13(2,3)7-8-17/h4-6,17H,7-8H2,1-3H3,(H2,15,16,18). The van der Waals surface area contributed by atoms with Gasteiger partial charge in [0.25, 0.3) is 0 Å². The number of carbonyl (C=O) groups excluding carboxylic acids is 1. The van der Waals surface area contributed by atoms with Crippen LogP contribution >= 0.6 is 11.6 Å². The molecule has 0 saturated carbocycles. The third kappa shape index (κ3) is 4.20. The average Bonchev–Trinajstić information content (AvgIpc) is 2.23. The lowest BCUT2D eigenvalue weighted by Crippen LogP contribution is -2.46. The molecule has 0 unspecified atom stereocenters. The fourth-order valence-corrected chi connectivity index (χ4v) is 1.72. The van der Waals surface area contributed by atoms with Gasteiger partial charge in [-0.1, -0.05) is 17.7 Å². The smallest absolute Gasteiger partial charge is 0.319 e. The zero-order valence-corrected chi connectivity index (χ0v) is 11.6. The Hall–Kier alpha value is -1.26. The highest BCUT2D eigenvalue weighted by molar-refractivity contribution is 6.31. The highest BCUT2D eigenvalue weighted by atomic mass is 35.5. The predicted octanol–water partition coefficient (Wildman–Crippen LogP) is 2.93. The van der Waals surface area contributed by atoms with Crippen molar-refractivity contribution < 1.29 is 9.90 Å². The minimum Gasteiger partial charge on any atom is -0.396 e. The molecule has 100 valence electrons. The summed E-state index contributed by atoms with van der Waals surface area (Å²) in [6.45, 7) is 5.58. The van der Waals surface area contributed by atoms with Crippen molar-refractivity contribution in [1.29, 1.82) is 0 Å². The van der Waals surface area contributed by atoms with Gasteiger partial charge in [-0.2, -0.15) is 0 Å². The predicted molar refractivity (Wildman–Crippen MR) is 74.1 cm³/mol. The van der Waals surface area contributed by atoms with Crippen LogP contribution in [0, 0.1) is 6.92 Å². The molecule has 0 spiro atoms. The fourth-order valence-electron chi connectivity index (χ4n) is 1.55. The Kier molecular flexibility index (Phi) is 4.99. The lowest BCUT2D eigenvalue weighted by molar-refractivity contribution is 0.218. The Bertz CT molecular complexity index is 433. The number of aliphatic hydroxyl groups excluding tert-OH is 1. The van der Waals surface area contributed by atoms with Gasteiger partial charge in [-0.15, -0.1) is 0 Å². The first-order valence-corrected chi connectivity index (χ1v) is 6.18. The maximum atomic E-state index is 11.8. The third-order valence-electron chi connectivity index (χ3n) is 2.70. The van der Waals surface area contributed by atoms with Gasteiger partial charge < -0.3 is 15.7 Å². The van der Waals surface area contributed by atoms with Crippen molar-refractivity contribution in [3.05, 3.63) is 28.8 Å². The molecule has 5 heteroatoms. The van der Waals surface area contributed by atoms with E-state index in [2.05, 4.69) is 10.6 Å². The molecule has 2 amide bonds. The van der Waals surface area contributed by atoms with Crippen LogP contribution in [-0.4, -0.2) is 23.3 Å². The molecule has 0 heterocycles. The van der Waals surface area contributed by atoms with Gasteiger partial charge in [0.2, 0.25) is 0 Å². The number of rotatable bonds is 4. The number of amides is 2. The molecule has 0 aliphatic heterocycles. The SMILES string of the molecule is Cc1c(Cl)cccc1NC(=O)NC(C)(C)CCO. The van der Waals surface area contributed by atoms with Gasteiger partial charge in [0.1, 0.15) is 0 Å². The van der Waals surface area contributed by atoms with E-state index in [0.29, 0.717) is 17.1 Å². The van der Waals surface area contributed by atoms with E-state index in [-0.39, 0.29) is 12.6 Å². The molecule has 4 nitrogen and oxygen atoms in total. The second kappa shape index (κ2) is 6.07. The van der Waals surface area contributed by atoms with Gasteiger partial charge >= 0.3 is 6.03 Å². The molecule has 3 N–H and O–H groups in total. The summed E-state index contributed by atoms with van der Waals surface area (Å²) in [4.78, 5) is 11.8. The van der Waals surface area contributed by atoms with Crippen molar-refractivity contribution in [3.8, 4) is 0 Å². The second-order valence-electron chi connectivity index (χ2n) is 4.85. The van der Waals surface area contributed by atoms with Gasteiger partial charge in [-0.3, -0.25) is 0 Å². The molecule has 0 radical (unpaired) electrons. The Morgan fingerprint density at radius 3 is 2.72 bits per heavy atom. The van der Waals surface area contributed by atoms with Gasteiger partial charge in [0.15, 0.2) is 0 Å². The van der Waals surface area contributed by atoms with Gasteiger partial charge in [-0.25, -0.2) is 4.79 Å². The number of carbonyl (C=O) groups is 1. The number of nitrogens with one attached hydrogen (secondary N) is 2.